The number of carbonyl (C=O) groups excluding carboxylic acids is 1. The number of hydrogen-bond acceptors (Lipinski definition) is 3. The van der Waals surface area contributed by atoms with Gasteiger partial charge in [0.15, 0.2) is 0 Å². The lowest BCUT2D eigenvalue weighted by Crippen LogP contribution is -2.14. The Kier molecular flexibility index (Phi) is 3.97. The number of halogens is 2. The van der Waals surface area contributed by atoms with Gasteiger partial charge in [0.1, 0.15) is 5.82 Å². The fourth-order valence-corrected chi connectivity index (χ4v) is 2.64. The first kappa shape index (κ1) is 13.7. The standard InChI is InChI=1S/C13H10ClFN2OS/c14-8-3-1-2-4-11(8)19-12-5-7(13(17)18)10(16)6-9(12)15/h1-6H,16H2,(H2,17,18). The van der Waals surface area contributed by atoms with E-state index in [1.807, 2.05) is 0 Å². The first-order valence-electron chi connectivity index (χ1n) is 5.30. The van der Waals surface area contributed by atoms with Crippen LogP contribution in [0.3, 0.4) is 0 Å². The minimum absolute atomic E-state index is 0.0218. The van der Waals surface area contributed by atoms with Crippen LogP contribution in [0.25, 0.3) is 0 Å². The van der Waals surface area contributed by atoms with Crippen molar-refractivity contribution in [2.24, 2.45) is 5.73 Å². The van der Waals surface area contributed by atoms with Gasteiger partial charge >= 0.3 is 0 Å². The molecule has 0 atom stereocenters. The van der Waals surface area contributed by atoms with E-state index in [4.69, 9.17) is 23.1 Å². The van der Waals surface area contributed by atoms with Gasteiger partial charge in [-0.3, -0.25) is 4.79 Å². The van der Waals surface area contributed by atoms with Crippen LogP contribution >= 0.6 is 23.4 Å². The predicted octanol–water partition coefficient (Wildman–Crippen LogP) is 3.31. The number of anilines is 1. The molecule has 0 spiro atoms. The minimum Gasteiger partial charge on any atom is -0.398 e. The normalized spacial score (nSPS) is 10.4. The average Bonchev–Trinajstić information content (AvgIpc) is 2.34. The summed E-state index contributed by atoms with van der Waals surface area (Å²) in [4.78, 5) is 12.1. The van der Waals surface area contributed by atoms with Crippen LogP contribution in [0, 0.1) is 5.82 Å². The molecule has 0 bridgehead atoms. The van der Waals surface area contributed by atoms with Gasteiger partial charge < -0.3 is 11.5 Å². The van der Waals surface area contributed by atoms with E-state index < -0.39 is 11.7 Å². The van der Waals surface area contributed by atoms with Crippen LogP contribution in [-0.2, 0) is 0 Å². The third kappa shape index (κ3) is 3.00. The quantitative estimate of drug-likeness (QED) is 0.854. The molecule has 0 radical (unpaired) electrons. The fourth-order valence-electron chi connectivity index (χ4n) is 1.51. The van der Waals surface area contributed by atoms with Gasteiger partial charge in [-0.15, -0.1) is 0 Å². The summed E-state index contributed by atoms with van der Waals surface area (Å²) in [6, 6.07) is 9.44. The smallest absolute Gasteiger partial charge is 0.250 e. The van der Waals surface area contributed by atoms with E-state index in [9.17, 15) is 9.18 Å². The lowest BCUT2D eigenvalue weighted by molar-refractivity contribution is 0.100. The highest BCUT2D eigenvalue weighted by Crippen LogP contribution is 2.36. The van der Waals surface area contributed by atoms with Crippen molar-refractivity contribution < 1.29 is 9.18 Å². The number of amides is 1. The molecule has 0 heterocycles. The molecule has 0 aliphatic rings. The number of primary amides is 1. The molecule has 4 N–H and O–H groups in total. The second-order valence-corrected chi connectivity index (χ2v) is 5.26. The molecule has 1 amide bonds. The molecule has 0 saturated carbocycles. The molecule has 0 fully saturated rings. The molecule has 0 aromatic heterocycles. The maximum absolute atomic E-state index is 13.8. The molecular weight excluding hydrogens is 287 g/mol. The summed E-state index contributed by atoms with van der Waals surface area (Å²) in [5, 5.41) is 0.504. The Morgan fingerprint density at radius 1 is 1.21 bits per heavy atom. The third-order valence-electron chi connectivity index (χ3n) is 2.43. The molecule has 0 aliphatic heterocycles. The van der Waals surface area contributed by atoms with Crippen molar-refractivity contribution in [2.45, 2.75) is 9.79 Å². The van der Waals surface area contributed by atoms with Crippen LogP contribution in [-0.4, -0.2) is 5.91 Å². The van der Waals surface area contributed by atoms with E-state index in [1.54, 1.807) is 24.3 Å². The van der Waals surface area contributed by atoms with Crippen molar-refractivity contribution in [3.63, 3.8) is 0 Å². The lowest BCUT2D eigenvalue weighted by atomic mass is 10.1. The van der Waals surface area contributed by atoms with Gasteiger partial charge in [-0.1, -0.05) is 35.5 Å². The summed E-state index contributed by atoms with van der Waals surface area (Å²) >= 11 is 7.11. The van der Waals surface area contributed by atoms with E-state index in [-0.39, 0.29) is 16.1 Å². The van der Waals surface area contributed by atoms with E-state index in [2.05, 4.69) is 0 Å². The highest BCUT2D eigenvalue weighted by molar-refractivity contribution is 7.99. The Morgan fingerprint density at radius 2 is 1.89 bits per heavy atom. The second-order valence-electron chi connectivity index (χ2n) is 3.77. The Balaban J connectivity index is 2.43. The number of nitrogens with two attached hydrogens (primary N) is 2. The van der Waals surface area contributed by atoms with Crippen LogP contribution in [0.1, 0.15) is 10.4 Å². The van der Waals surface area contributed by atoms with Crippen LogP contribution in [0.15, 0.2) is 46.2 Å². The van der Waals surface area contributed by atoms with E-state index in [0.717, 1.165) is 17.8 Å². The second kappa shape index (κ2) is 5.50. The van der Waals surface area contributed by atoms with Crippen LogP contribution in [0.5, 0.6) is 0 Å². The zero-order valence-corrected chi connectivity index (χ0v) is 11.3. The maximum atomic E-state index is 13.8. The maximum Gasteiger partial charge on any atom is 0.250 e. The Labute approximate surface area is 118 Å². The monoisotopic (exact) mass is 296 g/mol. The summed E-state index contributed by atoms with van der Waals surface area (Å²) in [7, 11) is 0. The largest absolute Gasteiger partial charge is 0.398 e. The third-order valence-corrected chi connectivity index (χ3v) is 3.98. The lowest BCUT2D eigenvalue weighted by Gasteiger charge is -2.08. The number of nitrogen functional groups attached to an aromatic ring is 1. The topological polar surface area (TPSA) is 69.1 Å². The zero-order valence-electron chi connectivity index (χ0n) is 9.69. The van der Waals surface area contributed by atoms with Gasteiger partial charge in [-0.05, 0) is 24.3 Å². The van der Waals surface area contributed by atoms with Crippen LogP contribution < -0.4 is 11.5 Å². The summed E-state index contributed by atoms with van der Waals surface area (Å²) in [5.41, 5.74) is 10.8. The molecule has 2 aromatic carbocycles. The molecule has 19 heavy (non-hydrogen) atoms. The number of benzene rings is 2. The molecule has 6 heteroatoms. The number of carbonyl (C=O) groups is 1. The van der Waals surface area contributed by atoms with Gasteiger partial charge in [-0.2, -0.15) is 0 Å². The molecular formula is C13H10ClFN2OS. The summed E-state index contributed by atoms with van der Waals surface area (Å²) in [6.07, 6.45) is 0. The molecule has 98 valence electrons. The molecule has 2 rings (SSSR count). The number of rotatable bonds is 3. The van der Waals surface area contributed by atoms with Crippen molar-refractivity contribution >= 4 is 35.0 Å². The van der Waals surface area contributed by atoms with Crippen molar-refractivity contribution in [3.05, 3.63) is 52.8 Å². The van der Waals surface area contributed by atoms with Crippen molar-refractivity contribution in [2.75, 3.05) is 5.73 Å². The summed E-state index contributed by atoms with van der Waals surface area (Å²) in [6.45, 7) is 0. The average molecular weight is 297 g/mol. The van der Waals surface area contributed by atoms with Gasteiger partial charge in [0.25, 0.3) is 5.91 Å². The Bertz CT molecular complexity index is 649. The minimum atomic E-state index is -0.696. The Hall–Kier alpha value is -1.72. The van der Waals surface area contributed by atoms with Crippen molar-refractivity contribution in [1.29, 1.82) is 0 Å². The van der Waals surface area contributed by atoms with E-state index in [0.29, 0.717) is 9.92 Å². The van der Waals surface area contributed by atoms with Crippen LogP contribution in [0.4, 0.5) is 10.1 Å². The molecule has 0 saturated heterocycles. The predicted molar refractivity (Wildman–Crippen MR) is 74.9 cm³/mol. The highest BCUT2D eigenvalue weighted by Gasteiger charge is 2.13. The van der Waals surface area contributed by atoms with Crippen molar-refractivity contribution in [1.82, 2.24) is 0 Å². The van der Waals surface area contributed by atoms with Gasteiger partial charge in [-0.25, -0.2) is 4.39 Å². The highest BCUT2D eigenvalue weighted by atomic mass is 35.5. The zero-order chi connectivity index (χ0) is 14.0. The van der Waals surface area contributed by atoms with E-state index in [1.165, 1.54) is 6.07 Å². The first-order chi connectivity index (χ1) is 8.99. The van der Waals surface area contributed by atoms with Gasteiger partial charge in [0.2, 0.25) is 0 Å². The summed E-state index contributed by atoms with van der Waals surface area (Å²) < 4.78 is 13.8. The van der Waals surface area contributed by atoms with E-state index >= 15 is 0 Å². The molecule has 0 aliphatic carbocycles. The molecule has 2 aromatic rings. The summed E-state index contributed by atoms with van der Waals surface area (Å²) in [5.74, 6) is -1.22. The van der Waals surface area contributed by atoms with Crippen molar-refractivity contribution in [3.8, 4) is 0 Å². The Morgan fingerprint density at radius 3 is 2.53 bits per heavy atom. The van der Waals surface area contributed by atoms with Crippen LogP contribution in [0.2, 0.25) is 5.02 Å². The molecule has 0 unspecified atom stereocenters. The van der Waals surface area contributed by atoms with Gasteiger partial charge in [0.05, 0.1) is 10.6 Å². The van der Waals surface area contributed by atoms with Gasteiger partial charge in [0, 0.05) is 15.5 Å². The first-order valence-corrected chi connectivity index (χ1v) is 6.49. The number of hydrogen-bond donors (Lipinski definition) is 2. The fraction of sp³-hybridized carbons (Fsp3) is 0. The molecule has 3 nitrogen and oxygen atoms in total. The SMILES string of the molecule is NC(=O)c1cc(Sc2ccccc2Cl)c(F)cc1N.